The first-order valence-corrected chi connectivity index (χ1v) is 5.14. The molecule has 1 aromatic carbocycles. The molecule has 1 N–H and O–H groups in total. The van der Waals surface area contributed by atoms with Gasteiger partial charge in [-0.3, -0.25) is 0 Å². The molecule has 0 aliphatic heterocycles. The second-order valence-corrected chi connectivity index (χ2v) is 3.85. The molecular weight excluding hydrogens is 158 g/mol. The monoisotopic (exact) mass is 175 g/mol. The van der Waals surface area contributed by atoms with E-state index in [1.165, 1.54) is 19.3 Å². The first kappa shape index (κ1) is 8.76. The van der Waals surface area contributed by atoms with Gasteiger partial charge < -0.3 is 5.32 Å². The van der Waals surface area contributed by atoms with Crippen LogP contribution in [-0.2, 0) is 6.42 Å². The van der Waals surface area contributed by atoms with Gasteiger partial charge in [-0.25, -0.2) is 0 Å². The summed E-state index contributed by atoms with van der Waals surface area (Å²) in [6.07, 6.45) is 3.97. The third kappa shape index (κ3) is 1.75. The minimum Gasteiger partial charge on any atom is -0.319 e. The Balaban J connectivity index is 2.26. The Morgan fingerprint density at radius 1 is 1.38 bits per heavy atom. The second-order valence-electron chi connectivity index (χ2n) is 3.85. The average Bonchev–Trinajstić information content (AvgIpc) is 2.19. The summed E-state index contributed by atoms with van der Waals surface area (Å²) in [5, 5.41) is 3.28. The van der Waals surface area contributed by atoms with Crippen molar-refractivity contribution in [3.8, 4) is 0 Å². The molecular formula is C12H17N. The summed E-state index contributed by atoms with van der Waals surface area (Å²) in [5.74, 6) is 0.745. The molecule has 1 aliphatic carbocycles. The highest BCUT2D eigenvalue weighted by Crippen LogP contribution is 2.30. The highest BCUT2D eigenvalue weighted by molar-refractivity contribution is 5.32. The molecule has 1 aliphatic rings. The fourth-order valence-electron chi connectivity index (χ4n) is 2.31. The van der Waals surface area contributed by atoms with Crippen molar-refractivity contribution < 1.29 is 0 Å². The molecule has 1 heteroatoms. The fourth-order valence-corrected chi connectivity index (χ4v) is 2.31. The lowest BCUT2D eigenvalue weighted by molar-refractivity contribution is 0.529. The molecule has 70 valence electrons. The van der Waals surface area contributed by atoms with Crippen LogP contribution in [0.2, 0.25) is 0 Å². The molecule has 1 nitrogen and oxygen atoms in total. The molecule has 1 aromatic rings. The number of nitrogens with one attached hydrogen (secondary N) is 1. The standard InChI is InChI=1S/C12H17N/c1-13-9-11-7-4-6-10-5-2-3-8-12(10)11/h2-3,5,8,11,13H,4,6-7,9H2,1H3. The zero-order valence-corrected chi connectivity index (χ0v) is 8.22. The Hall–Kier alpha value is -0.820. The van der Waals surface area contributed by atoms with Gasteiger partial charge >= 0.3 is 0 Å². The lowest BCUT2D eigenvalue weighted by atomic mass is 9.83. The van der Waals surface area contributed by atoms with Gasteiger partial charge in [0.2, 0.25) is 0 Å². The maximum atomic E-state index is 3.28. The van der Waals surface area contributed by atoms with E-state index in [-0.39, 0.29) is 0 Å². The van der Waals surface area contributed by atoms with Crippen LogP contribution in [0, 0.1) is 0 Å². The molecule has 1 atom stereocenters. The van der Waals surface area contributed by atoms with E-state index in [1.807, 2.05) is 7.05 Å². The van der Waals surface area contributed by atoms with E-state index in [9.17, 15) is 0 Å². The summed E-state index contributed by atoms with van der Waals surface area (Å²) in [7, 11) is 2.04. The predicted octanol–water partition coefficient (Wildman–Crippen LogP) is 2.33. The van der Waals surface area contributed by atoms with Crippen LogP contribution in [0.3, 0.4) is 0 Å². The first-order valence-electron chi connectivity index (χ1n) is 5.14. The average molecular weight is 175 g/mol. The third-order valence-electron chi connectivity index (χ3n) is 2.94. The number of rotatable bonds is 2. The van der Waals surface area contributed by atoms with Crippen molar-refractivity contribution in [1.82, 2.24) is 5.32 Å². The largest absolute Gasteiger partial charge is 0.319 e. The molecule has 0 amide bonds. The van der Waals surface area contributed by atoms with Gasteiger partial charge in [0.25, 0.3) is 0 Å². The van der Waals surface area contributed by atoms with Crippen LogP contribution in [0.25, 0.3) is 0 Å². The summed E-state index contributed by atoms with van der Waals surface area (Å²) in [5.41, 5.74) is 3.14. The van der Waals surface area contributed by atoms with E-state index in [4.69, 9.17) is 0 Å². The van der Waals surface area contributed by atoms with Gasteiger partial charge in [0.15, 0.2) is 0 Å². The van der Waals surface area contributed by atoms with Crippen molar-refractivity contribution in [3.05, 3.63) is 35.4 Å². The molecule has 0 heterocycles. The Bertz CT molecular complexity index is 280. The van der Waals surface area contributed by atoms with Gasteiger partial charge in [-0.2, -0.15) is 0 Å². The number of benzene rings is 1. The lowest BCUT2D eigenvalue weighted by Gasteiger charge is -2.25. The van der Waals surface area contributed by atoms with Gasteiger partial charge in [0.05, 0.1) is 0 Å². The highest BCUT2D eigenvalue weighted by Gasteiger charge is 2.18. The molecule has 0 saturated carbocycles. The zero-order chi connectivity index (χ0) is 9.10. The summed E-state index contributed by atoms with van der Waals surface area (Å²) in [6, 6.07) is 8.88. The number of fused-ring (bicyclic) bond motifs is 1. The molecule has 13 heavy (non-hydrogen) atoms. The van der Waals surface area contributed by atoms with Gasteiger partial charge in [-0.05, 0) is 43.4 Å². The molecule has 2 rings (SSSR count). The normalized spacial score (nSPS) is 21.2. The molecule has 0 fully saturated rings. The quantitative estimate of drug-likeness (QED) is 0.727. The van der Waals surface area contributed by atoms with Gasteiger partial charge in [-0.15, -0.1) is 0 Å². The van der Waals surface area contributed by atoms with Crippen LogP contribution in [-0.4, -0.2) is 13.6 Å². The highest BCUT2D eigenvalue weighted by atomic mass is 14.8. The number of likely N-dealkylation sites (N-methyl/N-ethyl adjacent to an activating group) is 1. The van der Waals surface area contributed by atoms with E-state index in [1.54, 1.807) is 11.1 Å². The van der Waals surface area contributed by atoms with Crippen molar-refractivity contribution >= 4 is 0 Å². The molecule has 0 bridgehead atoms. The van der Waals surface area contributed by atoms with E-state index >= 15 is 0 Å². The van der Waals surface area contributed by atoms with E-state index in [0.717, 1.165) is 12.5 Å². The van der Waals surface area contributed by atoms with Crippen LogP contribution in [0.1, 0.15) is 29.9 Å². The maximum absolute atomic E-state index is 3.28. The summed E-state index contributed by atoms with van der Waals surface area (Å²) in [4.78, 5) is 0. The number of hydrogen-bond acceptors (Lipinski definition) is 1. The molecule has 0 radical (unpaired) electrons. The SMILES string of the molecule is CNCC1CCCc2ccccc21. The summed E-state index contributed by atoms with van der Waals surface area (Å²) >= 11 is 0. The van der Waals surface area contributed by atoms with Crippen LogP contribution in [0.15, 0.2) is 24.3 Å². The van der Waals surface area contributed by atoms with Crippen LogP contribution in [0.5, 0.6) is 0 Å². The van der Waals surface area contributed by atoms with Crippen LogP contribution in [0.4, 0.5) is 0 Å². The summed E-state index contributed by atoms with van der Waals surface area (Å²) < 4.78 is 0. The fraction of sp³-hybridized carbons (Fsp3) is 0.500. The Morgan fingerprint density at radius 2 is 2.23 bits per heavy atom. The van der Waals surface area contributed by atoms with Crippen LogP contribution < -0.4 is 5.32 Å². The Labute approximate surface area is 80.2 Å². The van der Waals surface area contributed by atoms with Gasteiger partial charge in [0.1, 0.15) is 0 Å². The lowest BCUT2D eigenvalue weighted by Crippen LogP contribution is -2.21. The van der Waals surface area contributed by atoms with Crippen LogP contribution >= 0.6 is 0 Å². The van der Waals surface area contributed by atoms with E-state index < -0.39 is 0 Å². The summed E-state index contributed by atoms with van der Waals surface area (Å²) in [6.45, 7) is 1.12. The predicted molar refractivity (Wildman–Crippen MR) is 56.0 cm³/mol. The minimum absolute atomic E-state index is 0.745. The molecule has 1 unspecified atom stereocenters. The third-order valence-corrected chi connectivity index (χ3v) is 2.94. The van der Waals surface area contributed by atoms with Crippen molar-refractivity contribution in [2.45, 2.75) is 25.2 Å². The second kappa shape index (κ2) is 3.93. The van der Waals surface area contributed by atoms with Gasteiger partial charge in [0, 0.05) is 6.54 Å². The van der Waals surface area contributed by atoms with Crippen molar-refractivity contribution in [3.63, 3.8) is 0 Å². The maximum Gasteiger partial charge on any atom is 0.00172 e. The minimum atomic E-state index is 0.745. The molecule has 0 spiro atoms. The first-order chi connectivity index (χ1) is 6.42. The van der Waals surface area contributed by atoms with E-state index in [2.05, 4.69) is 29.6 Å². The van der Waals surface area contributed by atoms with E-state index in [0.29, 0.717) is 0 Å². The Morgan fingerprint density at radius 3 is 3.08 bits per heavy atom. The topological polar surface area (TPSA) is 12.0 Å². The zero-order valence-electron chi connectivity index (χ0n) is 8.22. The Kier molecular flexibility index (Phi) is 2.65. The molecule has 0 saturated heterocycles. The van der Waals surface area contributed by atoms with Gasteiger partial charge in [-0.1, -0.05) is 24.3 Å². The van der Waals surface area contributed by atoms with Crippen molar-refractivity contribution in [2.75, 3.05) is 13.6 Å². The number of aryl methyl sites for hydroxylation is 1. The van der Waals surface area contributed by atoms with Crippen molar-refractivity contribution in [1.29, 1.82) is 0 Å². The van der Waals surface area contributed by atoms with Crippen molar-refractivity contribution in [2.24, 2.45) is 0 Å². The number of hydrogen-bond donors (Lipinski definition) is 1. The molecule has 0 aromatic heterocycles. The smallest absolute Gasteiger partial charge is 0.00172 e.